The van der Waals surface area contributed by atoms with Crippen LogP contribution in [0.4, 0.5) is 0 Å². The van der Waals surface area contributed by atoms with Crippen molar-refractivity contribution in [3.05, 3.63) is 0 Å². The molecule has 22 heavy (non-hydrogen) atoms. The number of rotatable bonds is 17. The molecule has 134 valence electrons. The van der Waals surface area contributed by atoms with Crippen molar-refractivity contribution in [2.45, 2.75) is 124 Å². The van der Waals surface area contributed by atoms with Crippen LogP contribution >= 0.6 is 0 Å². The van der Waals surface area contributed by atoms with E-state index in [-0.39, 0.29) is 0 Å². The maximum atomic E-state index is 9.11. The lowest BCUT2D eigenvalue weighted by atomic mass is 9.71. The lowest BCUT2D eigenvalue weighted by molar-refractivity contribution is 0.168. The number of hydrogen-bond donors (Lipinski definition) is 1. The predicted octanol–water partition coefficient (Wildman–Crippen LogP) is 7.27. The highest BCUT2D eigenvalue weighted by atomic mass is 16.2. The van der Waals surface area contributed by atoms with Crippen LogP contribution in [-0.4, -0.2) is 11.7 Å². The topological polar surface area (TPSA) is 20.2 Å². The molecule has 1 heteroatoms. The molecule has 0 aliphatic rings. The highest BCUT2D eigenvalue weighted by Gasteiger charge is 2.27. The zero-order chi connectivity index (χ0) is 16.5. The standard InChI is InChI=1S/C21H44O/c1-4-7-10-11-12-13-18-21(16-8-5-2,17-9-6-3)19-14-15-20-22/h22H,4-20H2,1-3H3. The van der Waals surface area contributed by atoms with Gasteiger partial charge in [-0.25, -0.2) is 0 Å². The van der Waals surface area contributed by atoms with Gasteiger partial charge in [0.25, 0.3) is 0 Å². The smallest absolute Gasteiger partial charge is 0.0431 e. The molecule has 0 bridgehead atoms. The normalized spacial score (nSPS) is 12.0. The van der Waals surface area contributed by atoms with E-state index in [1.165, 1.54) is 96.3 Å². The van der Waals surface area contributed by atoms with Crippen molar-refractivity contribution in [2.24, 2.45) is 5.41 Å². The molecule has 0 saturated heterocycles. The van der Waals surface area contributed by atoms with Crippen LogP contribution in [0.2, 0.25) is 0 Å². The van der Waals surface area contributed by atoms with Crippen LogP contribution in [0.5, 0.6) is 0 Å². The summed E-state index contributed by atoms with van der Waals surface area (Å²) < 4.78 is 0. The molecular weight excluding hydrogens is 268 g/mol. The fourth-order valence-corrected chi connectivity index (χ4v) is 3.75. The van der Waals surface area contributed by atoms with Crippen molar-refractivity contribution in [1.82, 2.24) is 0 Å². The monoisotopic (exact) mass is 312 g/mol. The zero-order valence-electron chi connectivity index (χ0n) is 16.0. The Kier molecular flexibility index (Phi) is 15.8. The molecule has 0 saturated carbocycles. The van der Waals surface area contributed by atoms with Crippen molar-refractivity contribution in [2.75, 3.05) is 6.61 Å². The van der Waals surface area contributed by atoms with Gasteiger partial charge in [-0.1, -0.05) is 91.4 Å². The van der Waals surface area contributed by atoms with Crippen LogP contribution in [0.25, 0.3) is 0 Å². The van der Waals surface area contributed by atoms with E-state index in [0.29, 0.717) is 12.0 Å². The Morgan fingerprint density at radius 3 is 1.41 bits per heavy atom. The second-order valence-electron chi connectivity index (χ2n) is 7.41. The van der Waals surface area contributed by atoms with E-state index in [4.69, 9.17) is 5.11 Å². The maximum absolute atomic E-state index is 9.11. The minimum Gasteiger partial charge on any atom is -0.396 e. The van der Waals surface area contributed by atoms with E-state index in [0.717, 1.165) is 6.42 Å². The average molecular weight is 313 g/mol. The van der Waals surface area contributed by atoms with Crippen LogP contribution in [-0.2, 0) is 0 Å². The molecule has 0 heterocycles. The number of aliphatic hydroxyl groups is 1. The first-order valence-corrected chi connectivity index (χ1v) is 10.4. The Hall–Kier alpha value is -0.0400. The molecule has 0 radical (unpaired) electrons. The van der Waals surface area contributed by atoms with E-state index in [1.807, 2.05) is 0 Å². The first kappa shape index (κ1) is 22.0. The molecule has 0 aromatic carbocycles. The lowest BCUT2D eigenvalue weighted by Crippen LogP contribution is -2.21. The molecule has 0 aromatic heterocycles. The van der Waals surface area contributed by atoms with Crippen LogP contribution in [0, 0.1) is 5.41 Å². The number of aliphatic hydroxyl groups excluding tert-OH is 1. The van der Waals surface area contributed by atoms with E-state index in [2.05, 4.69) is 20.8 Å². The Balaban J connectivity index is 4.34. The number of unbranched alkanes of at least 4 members (excludes halogenated alkanes) is 8. The zero-order valence-corrected chi connectivity index (χ0v) is 16.0. The molecule has 0 amide bonds. The van der Waals surface area contributed by atoms with Crippen molar-refractivity contribution >= 4 is 0 Å². The van der Waals surface area contributed by atoms with E-state index in [9.17, 15) is 0 Å². The second-order valence-corrected chi connectivity index (χ2v) is 7.41. The molecule has 0 spiro atoms. The van der Waals surface area contributed by atoms with Crippen LogP contribution < -0.4 is 0 Å². The van der Waals surface area contributed by atoms with Gasteiger partial charge >= 0.3 is 0 Å². The second kappa shape index (κ2) is 15.8. The number of hydrogen-bond acceptors (Lipinski definition) is 1. The van der Waals surface area contributed by atoms with Gasteiger partial charge < -0.3 is 5.11 Å². The summed E-state index contributed by atoms with van der Waals surface area (Å²) in [7, 11) is 0. The highest BCUT2D eigenvalue weighted by molar-refractivity contribution is 4.79. The summed E-state index contributed by atoms with van der Waals surface area (Å²) in [4.78, 5) is 0. The van der Waals surface area contributed by atoms with Gasteiger partial charge in [-0.15, -0.1) is 0 Å². The van der Waals surface area contributed by atoms with Gasteiger partial charge in [0, 0.05) is 6.61 Å². The fourth-order valence-electron chi connectivity index (χ4n) is 3.75. The van der Waals surface area contributed by atoms with E-state index in [1.54, 1.807) is 0 Å². The van der Waals surface area contributed by atoms with Crippen molar-refractivity contribution < 1.29 is 5.11 Å². The average Bonchev–Trinajstić information content (AvgIpc) is 2.54. The van der Waals surface area contributed by atoms with Gasteiger partial charge in [-0.3, -0.25) is 0 Å². The Morgan fingerprint density at radius 2 is 0.909 bits per heavy atom. The molecule has 0 aliphatic carbocycles. The summed E-state index contributed by atoms with van der Waals surface area (Å²) in [6.07, 6.45) is 21.7. The third kappa shape index (κ3) is 11.5. The summed E-state index contributed by atoms with van der Waals surface area (Å²) in [6, 6.07) is 0. The maximum Gasteiger partial charge on any atom is 0.0431 e. The van der Waals surface area contributed by atoms with Gasteiger partial charge in [0.05, 0.1) is 0 Å². The van der Waals surface area contributed by atoms with Crippen LogP contribution in [0.1, 0.15) is 124 Å². The summed E-state index contributed by atoms with van der Waals surface area (Å²) in [5, 5.41) is 9.11. The minimum atomic E-state index is 0.370. The molecule has 0 aromatic rings. The van der Waals surface area contributed by atoms with Gasteiger partial charge in [-0.05, 0) is 37.5 Å². The Labute approximate surface area is 141 Å². The molecule has 0 atom stereocenters. The first-order chi connectivity index (χ1) is 10.7. The lowest BCUT2D eigenvalue weighted by Gasteiger charge is -2.35. The SMILES string of the molecule is CCCCCCCCC(CCCC)(CCCC)CCCCO. The Morgan fingerprint density at radius 1 is 0.500 bits per heavy atom. The van der Waals surface area contributed by atoms with Crippen molar-refractivity contribution in [1.29, 1.82) is 0 Å². The fraction of sp³-hybridized carbons (Fsp3) is 1.00. The van der Waals surface area contributed by atoms with Crippen LogP contribution in [0.15, 0.2) is 0 Å². The van der Waals surface area contributed by atoms with Crippen molar-refractivity contribution in [3.63, 3.8) is 0 Å². The van der Waals surface area contributed by atoms with Gasteiger partial charge in [0.1, 0.15) is 0 Å². The first-order valence-electron chi connectivity index (χ1n) is 10.4. The van der Waals surface area contributed by atoms with E-state index >= 15 is 0 Å². The highest BCUT2D eigenvalue weighted by Crippen LogP contribution is 2.41. The molecule has 0 unspecified atom stereocenters. The molecular formula is C21H44O. The summed E-state index contributed by atoms with van der Waals surface area (Å²) in [5.74, 6) is 0. The van der Waals surface area contributed by atoms with E-state index < -0.39 is 0 Å². The third-order valence-corrected chi connectivity index (χ3v) is 5.30. The minimum absolute atomic E-state index is 0.370. The third-order valence-electron chi connectivity index (χ3n) is 5.30. The van der Waals surface area contributed by atoms with Crippen molar-refractivity contribution in [3.8, 4) is 0 Å². The molecule has 1 N–H and O–H groups in total. The largest absolute Gasteiger partial charge is 0.396 e. The molecule has 0 fully saturated rings. The summed E-state index contributed by atoms with van der Waals surface area (Å²) in [5.41, 5.74) is 0.589. The molecule has 1 nitrogen and oxygen atoms in total. The van der Waals surface area contributed by atoms with Crippen LogP contribution in [0.3, 0.4) is 0 Å². The van der Waals surface area contributed by atoms with Gasteiger partial charge in [-0.2, -0.15) is 0 Å². The summed E-state index contributed by atoms with van der Waals surface area (Å²) in [6.45, 7) is 7.31. The summed E-state index contributed by atoms with van der Waals surface area (Å²) >= 11 is 0. The predicted molar refractivity (Wildman–Crippen MR) is 100 cm³/mol. The van der Waals surface area contributed by atoms with Gasteiger partial charge in [0.15, 0.2) is 0 Å². The molecule has 0 aliphatic heterocycles. The molecule has 0 rings (SSSR count). The van der Waals surface area contributed by atoms with Gasteiger partial charge in [0.2, 0.25) is 0 Å². The quantitative estimate of drug-likeness (QED) is 0.280. The Bertz CT molecular complexity index is 204.